The van der Waals surface area contributed by atoms with Gasteiger partial charge < -0.3 is 19.5 Å². The fourth-order valence-electron chi connectivity index (χ4n) is 3.57. The van der Waals surface area contributed by atoms with Crippen LogP contribution in [0.25, 0.3) is 0 Å². The summed E-state index contributed by atoms with van der Waals surface area (Å²) in [5.41, 5.74) is 2.27. The molecule has 1 unspecified atom stereocenters. The molecule has 2 aliphatic rings. The lowest BCUT2D eigenvalue weighted by atomic mass is 10.1. The highest BCUT2D eigenvalue weighted by atomic mass is 16.5. The first kappa shape index (κ1) is 16.9. The van der Waals surface area contributed by atoms with Crippen LogP contribution in [0.15, 0.2) is 46.1 Å². The van der Waals surface area contributed by atoms with E-state index >= 15 is 0 Å². The minimum atomic E-state index is 0.164. The Morgan fingerprint density at radius 2 is 2.08 bits per heavy atom. The molecule has 0 aliphatic carbocycles. The summed E-state index contributed by atoms with van der Waals surface area (Å²) in [5.74, 6) is 1.96. The van der Waals surface area contributed by atoms with Crippen molar-refractivity contribution in [2.45, 2.75) is 19.1 Å². The molecule has 7 nitrogen and oxygen atoms in total. The topological polar surface area (TPSA) is 66.1 Å². The van der Waals surface area contributed by atoms with Gasteiger partial charge in [0.1, 0.15) is 18.1 Å². The molecule has 0 saturated carbocycles. The van der Waals surface area contributed by atoms with Gasteiger partial charge in [0.15, 0.2) is 5.96 Å². The molecular weight excluding hydrogens is 330 g/mol. The molecule has 2 aromatic rings. The number of benzene rings is 1. The summed E-state index contributed by atoms with van der Waals surface area (Å²) in [6.45, 7) is 5.47. The second-order valence-corrected chi connectivity index (χ2v) is 6.73. The number of guanidine groups is 1. The Balaban J connectivity index is 1.24. The number of aromatic nitrogens is 1. The van der Waals surface area contributed by atoms with Crippen molar-refractivity contribution in [3.05, 3.63) is 47.9 Å². The zero-order valence-corrected chi connectivity index (χ0v) is 15.1. The maximum absolute atomic E-state index is 6.00. The van der Waals surface area contributed by atoms with Crippen LogP contribution in [0.5, 0.6) is 5.75 Å². The molecule has 4 rings (SSSR count). The molecule has 138 valence electrons. The third-order valence-electron chi connectivity index (χ3n) is 4.96. The van der Waals surface area contributed by atoms with Gasteiger partial charge in [-0.3, -0.25) is 9.89 Å². The van der Waals surface area contributed by atoms with Crippen molar-refractivity contribution in [1.29, 1.82) is 0 Å². The average molecular weight is 355 g/mol. The normalized spacial score (nSPS) is 20.7. The maximum Gasteiger partial charge on any atom is 0.193 e. The Kier molecular flexibility index (Phi) is 5.06. The number of aliphatic imine (C=N–C) groups is 1. The van der Waals surface area contributed by atoms with Crippen LogP contribution in [-0.2, 0) is 13.0 Å². The van der Waals surface area contributed by atoms with E-state index in [0.717, 1.165) is 63.1 Å². The van der Waals surface area contributed by atoms with Gasteiger partial charge in [0.2, 0.25) is 0 Å². The average Bonchev–Trinajstić information content (AvgIpc) is 3.32. The highest BCUT2D eigenvalue weighted by Crippen LogP contribution is 2.27. The largest absolute Gasteiger partial charge is 0.488 e. The fourth-order valence-corrected chi connectivity index (χ4v) is 3.57. The number of nitrogens with one attached hydrogen (secondary N) is 1. The molecule has 0 bridgehead atoms. The van der Waals surface area contributed by atoms with Crippen LogP contribution in [0, 0.1) is 0 Å². The molecular formula is C19H25N5O2. The van der Waals surface area contributed by atoms with Crippen molar-refractivity contribution in [2.24, 2.45) is 4.99 Å². The summed E-state index contributed by atoms with van der Waals surface area (Å²) in [4.78, 5) is 9.15. The molecule has 0 amide bonds. The monoisotopic (exact) mass is 355 g/mol. The van der Waals surface area contributed by atoms with E-state index in [1.54, 1.807) is 6.26 Å². The van der Waals surface area contributed by atoms with E-state index in [9.17, 15) is 0 Å². The summed E-state index contributed by atoms with van der Waals surface area (Å²) >= 11 is 0. The third-order valence-corrected chi connectivity index (χ3v) is 4.96. The van der Waals surface area contributed by atoms with Crippen LogP contribution in [0.2, 0.25) is 0 Å². The van der Waals surface area contributed by atoms with E-state index in [1.807, 2.05) is 25.2 Å². The number of rotatable bonds is 4. The summed E-state index contributed by atoms with van der Waals surface area (Å²) < 4.78 is 10.9. The molecule has 2 aliphatic heterocycles. The van der Waals surface area contributed by atoms with Gasteiger partial charge in [-0.1, -0.05) is 23.4 Å². The molecule has 3 heterocycles. The predicted molar refractivity (Wildman–Crippen MR) is 99.3 cm³/mol. The Morgan fingerprint density at radius 1 is 1.23 bits per heavy atom. The van der Waals surface area contributed by atoms with E-state index in [-0.39, 0.29) is 6.10 Å². The SMILES string of the molecule is CN=C(NCC1Cc2ccccc2O1)N1CCN(Cc2ccon2)CC1. The Bertz CT molecular complexity index is 713. The number of fused-ring (bicyclic) bond motifs is 1. The van der Waals surface area contributed by atoms with Crippen LogP contribution >= 0.6 is 0 Å². The van der Waals surface area contributed by atoms with Crippen molar-refractivity contribution < 1.29 is 9.26 Å². The standard InChI is InChI=1S/C19H25N5O2/c1-20-19(21-13-17-12-15-4-2-3-5-18(15)26-17)24-9-7-23(8-10-24)14-16-6-11-25-22-16/h2-6,11,17H,7-10,12-14H2,1H3,(H,20,21). The van der Waals surface area contributed by atoms with Gasteiger partial charge >= 0.3 is 0 Å². The molecule has 0 radical (unpaired) electrons. The first-order chi connectivity index (χ1) is 12.8. The summed E-state index contributed by atoms with van der Waals surface area (Å²) in [7, 11) is 1.84. The van der Waals surface area contributed by atoms with Crippen molar-refractivity contribution in [1.82, 2.24) is 20.3 Å². The second-order valence-electron chi connectivity index (χ2n) is 6.73. The Labute approximate surface area is 153 Å². The van der Waals surface area contributed by atoms with E-state index in [1.165, 1.54) is 5.56 Å². The third kappa shape index (κ3) is 3.83. The minimum absolute atomic E-state index is 0.164. The lowest BCUT2D eigenvalue weighted by Gasteiger charge is -2.36. The quantitative estimate of drug-likeness (QED) is 0.660. The minimum Gasteiger partial charge on any atom is -0.488 e. The second kappa shape index (κ2) is 7.78. The van der Waals surface area contributed by atoms with Gasteiger partial charge in [0, 0.05) is 52.3 Å². The zero-order valence-electron chi connectivity index (χ0n) is 15.1. The number of para-hydroxylation sites is 1. The maximum atomic E-state index is 6.00. The van der Waals surface area contributed by atoms with E-state index in [0.29, 0.717) is 0 Å². The van der Waals surface area contributed by atoms with E-state index in [2.05, 4.69) is 37.4 Å². The number of piperazine rings is 1. The Hall–Kier alpha value is -2.54. The van der Waals surface area contributed by atoms with Crippen molar-refractivity contribution in [3.63, 3.8) is 0 Å². The highest BCUT2D eigenvalue weighted by molar-refractivity contribution is 5.80. The smallest absolute Gasteiger partial charge is 0.193 e. The molecule has 1 atom stereocenters. The van der Waals surface area contributed by atoms with Crippen LogP contribution in [0.4, 0.5) is 0 Å². The van der Waals surface area contributed by atoms with Crippen molar-refractivity contribution >= 4 is 5.96 Å². The highest BCUT2D eigenvalue weighted by Gasteiger charge is 2.24. The summed E-state index contributed by atoms with van der Waals surface area (Å²) in [5, 5.41) is 7.47. The van der Waals surface area contributed by atoms with Crippen LogP contribution in [-0.4, -0.2) is 66.8 Å². The van der Waals surface area contributed by atoms with Gasteiger partial charge in [-0.15, -0.1) is 0 Å². The van der Waals surface area contributed by atoms with Crippen molar-refractivity contribution in [3.8, 4) is 5.75 Å². The molecule has 1 aromatic carbocycles. The molecule has 1 fully saturated rings. The fraction of sp³-hybridized carbons (Fsp3) is 0.474. The summed E-state index contributed by atoms with van der Waals surface area (Å²) in [6.07, 6.45) is 2.74. The van der Waals surface area contributed by atoms with Gasteiger partial charge in [0.05, 0.1) is 12.2 Å². The molecule has 26 heavy (non-hydrogen) atoms. The van der Waals surface area contributed by atoms with Crippen LogP contribution in [0.3, 0.4) is 0 Å². The molecule has 1 saturated heterocycles. The number of ether oxygens (including phenoxy) is 1. The Morgan fingerprint density at radius 3 is 2.81 bits per heavy atom. The lowest BCUT2D eigenvalue weighted by Crippen LogP contribution is -2.53. The molecule has 7 heteroatoms. The first-order valence-electron chi connectivity index (χ1n) is 9.13. The van der Waals surface area contributed by atoms with E-state index < -0.39 is 0 Å². The first-order valence-corrected chi connectivity index (χ1v) is 9.13. The zero-order chi connectivity index (χ0) is 17.8. The molecule has 0 spiro atoms. The van der Waals surface area contributed by atoms with Gasteiger partial charge in [0.25, 0.3) is 0 Å². The predicted octanol–water partition coefficient (Wildman–Crippen LogP) is 1.37. The lowest BCUT2D eigenvalue weighted by molar-refractivity contribution is 0.167. The molecule has 1 aromatic heterocycles. The van der Waals surface area contributed by atoms with E-state index in [4.69, 9.17) is 9.26 Å². The van der Waals surface area contributed by atoms with Crippen LogP contribution < -0.4 is 10.1 Å². The molecule has 1 N–H and O–H groups in total. The van der Waals surface area contributed by atoms with Gasteiger partial charge in [-0.2, -0.15) is 0 Å². The number of nitrogens with zero attached hydrogens (tertiary/aromatic N) is 4. The van der Waals surface area contributed by atoms with Gasteiger partial charge in [-0.25, -0.2) is 0 Å². The van der Waals surface area contributed by atoms with Crippen LogP contribution in [0.1, 0.15) is 11.3 Å². The van der Waals surface area contributed by atoms with Crippen molar-refractivity contribution in [2.75, 3.05) is 39.8 Å². The van der Waals surface area contributed by atoms with Gasteiger partial charge in [-0.05, 0) is 11.6 Å². The summed E-state index contributed by atoms with van der Waals surface area (Å²) in [6, 6.07) is 10.2. The number of hydrogen-bond acceptors (Lipinski definition) is 5. The number of hydrogen-bond donors (Lipinski definition) is 1.